The van der Waals surface area contributed by atoms with E-state index < -0.39 is 0 Å². The molecule has 0 saturated carbocycles. The summed E-state index contributed by atoms with van der Waals surface area (Å²) in [4.78, 5) is 15.3. The van der Waals surface area contributed by atoms with Gasteiger partial charge in [0.05, 0.1) is 11.0 Å². The Balaban J connectivity index is 1.08. The normalized spacial score (nSPS) is 13.1. The first-order chi connectivity index (χ1) is 29.0. The van der Waals surface area contributed by atoms with E-state index in [1.54, 1.807) is 0 Å². The van der Waals surface area contributed by atoms with E-state index in [-0.39, 0.29) is 5.41 Å². The maximum atomic E-state index is 6.48. The van der Waals surface area contributed by atoms with Crippen molar-refractivity contribution in [2.24, 2.45) is 0 Å². The Bertz CT molecular complexity index is 3450. The third-order valence-corrected chi connectivity index (χ3v) is 12.3. The Labute approximate surface area is 340 Å². The number of para-hydroxylation sites is 1. The quantitative estimate of drug-likeness (QED) is 0.175. The van der Waals surface area contributed by atoms with Gasteiger partial charge in [0.25, 0.3) is 0 Å². The number of fused-ring (bicyclic) bond motifs is 10. The number of nitrogens with zero attached hydrogens (tertiary/aromatic N) is 4. The fraction of sp³-hybridized carbons (Fsp3) is 0.0556. The smallest absolute Gasteiger partial charge is 0.164 e. The van der Waals surface area contributed by atoms with Gasteiger partial charge in [-0.2, -0.15) is 0 Å². The molecular formula is C54H36N4O. The Morgan fingerprint density at radius 3 is 1.80 bits per heavy atom. The lowest BCUT2D eigenvalue weighted by Crippen LogP contribution is -2.14. The van der Waals surface area contributed by atoms with Crippen molar-refractivity contribution in [2.45, 2.75) is 19.3 Å². The molecule has 0 aliphatic heterocycles. The van der Waals surface area contributed by atoms with Crippen LogP contribution in [0.3, 0.4) is 0 Å². The average Bonchev–Trinajstić information content (AvgIpc) is 3.91. The van der Waals surface area contributed by atoms with E-state index in [9.17, 15) is 0 Å². The molecule has 3 aromatic heterocycles. The maximum absolute atomic E-state index is 6.48. The molecule has 0 amide bonds. The van der Waals surface area contributed by atoms with Gasteiger partial charge in [-0.05, 0) is 75.8 Å². The van der Waals surface area contributed by atoms with Crippen molar-refractivity contribution in [3.8, 4) is 62.1 Å². The molecule has 0 radical (unpaired) electrons. The lowest BCUT2D eigenvalue weighted by Gasteiger charge is -2.21. The summed E-state index contributed by atoms with van der Waals surface area (Å²) < 4.78 is 8.89. The van der Waals surface area contributed by atoms with E-state index in [0.717, 1.165) is 60.9 Å². The van der Waals surface area contributed by atoms with Crippen molar-refractivity contribution < 1.29 is 4.42 Å². The number of benzene rings is 8. The van der Waals surface area contributed by atoms with Crippen molar-refractivity contribution in [1.29, 1.82) is 0 Å². The minimum absolute atomic E-state index is 0.157. The molecule has 0 saturated heterocycles. The highest BCUT2D eigenvalue weighted by Crippen LogP contribution is 2.52. The fourth-order valence-corrected chi connectivity index (χ4v) is 9.37. The highest BCUT2D eigenvalue weighted by atomic mass is 16.3. The van der Waals surface area contributed by atoms with Crippen LogP contribution in [0.15, 0.2) is 186 Å². The number of hydrogen-bond donors (Lipinski definition) is 0. The van der Waals surface area contributed by atoms with Crippen molar-refractivity contribution in [1.82, 2.24) is 19.5 Å². The highest BCUT2D eigenvalue weighted by molar-refractivity contribution is 6.28. The van der Waals surface area contributed by atoms with Gasteiger partial charge in [0.15, 0.2) is 17.5 Å². The van der Waals surface area contributed by atoms with E-state index in [2.05, 4.69) is 170 Å². The summed E-state index contributed by atoms with van der Waals surface area (Å²) in [5.41, 5.74) is 15.3. The Hall–Kier alpha value is -7.63. The van der Waals surface area contributed by atoms with Gasteiger partial charge in [-0.25, -0.2) is 15.0 Å². The molecule has 0 spiro atoms. The molecule has 5 nitrogen and oxygen atoms in total. The van der Waals surface area contributed by atoms with Gasteiger partial charge in [0, 0.05) is 49.3 Å². The predicted octanol–water partition coefficient (Wildman–Crippen LogP) is 13.8. The standard InChI is InChI=1S/C54H36N4O/c1-54(2)43-22-11-9-20-39(43)41-31-42-46(32-44(41)54)58(45-28-29-48-50(49(42)45)40-21-10-12-23-47(40)59-48)38-19-13-18-37(30-38)53-56-51(35-16-7-4-8-17-35)55-52(57-53)36-26-24-34(25-27-36)33-14-5-3-6-15-33/h3-32H,1-2H3. The molecule has 0 atom stereocenters. The van der Waals surface area contributed by atoms with Gasteiger partial charge in [0.2, 0.25) is 0 Å². The molecule has 59 heavy (non-hydrogen) atoms. The molecule has 0 N–H and O–H groups in total. The molecule has 5 heteroatoms. The van der Waals surface area contributed by atoms with Crippen molar-refractivity contribution >= 4 is 43.7 Å². The monoisotopic (exact) mass is 756 g/mol. The molecule has 8 aromatic carbocycles. The Morgan fingerprint density at radius 2 is 1.02 bits per heavy atom. The predicted molar refractivity (Wildman–Crippen MR) is 241 cm³/mol. The Kier molecular flexibility index (Phi) is 7.20. The summed E-state index contributed by atoms with van der Waals surface area (Å²) in [6, 6.07) is 64.1. The molecular weight excluding hydrogens is 721 g/mol. The van der Waals surface area contributed by atoms with Crippen LogP contribution >= 0.6 is 0 Å². The third kappa shape index (κ3) is 5.14. The first-order valence-corrected chi connectivity index (χ1v) is 20.1. The SMILES string of the molecule is CC1(C)c2ccccc2-c2cc3c4c5c(ccc4n(-c4cccc(-c6nc(-c7ccccc7)nc(-c7ccc(-c8ccccc8)cc7)n6)c4)c3cc21)oc1ccccc15. The highest BCUT2D eigenvalue weighted by Gasteiger charge is 2.36. The van der Waals surface area contributed by atoms with Gasteiger partial charge in [-0.15, -0.1) is 0 Å². The molecule has 278 valence electrons. The fourth-order valence-electron chi connectivity index (χ4n) is 9.37. The van der Waals surface area contributed by atoms with Gasteiger partial charge < -0.3 is 8.98 Å². The Morgan fingerprint density at radius 1 is 0.407 bits per heavy atom. The second-order valence-corrected chi connectivity index (χ2v) is 16.0. The summed E-state index contributed by atoms with van der Waals surface area (Å²) in [6.45, 7) is 4.69. The van der Waals surface area contributed by atoms with Crippen LogP contribution in [0.4, 0.5) is 0 Å². The zero-order chi connectivity index (χ0) is 39.2. The summed E-state index contributed by atoms with van der Waals surface area (Å²) in [5, 5.41) is 4.63. The second-order valence-electron chi connectivity index (χ2n) is 16.0. The molecule has 0 unspecified atom stereocenters. The van der Waals surface area contributed by atoms with Crippen LogP contribution < -0.4 is 0 Å². The van der Waals surface area contributed by atoms with Crippen LogP contribution in [0.5, 0.6) is 0 Å². The van der Waals surface area contributed by atoms with Crippen molar-refractivity contribution in [2.75, 3.05) is 0 Å². The molecule has 1 aliphatic carbocycles. The molecule has 3 heterocycles. The lowest BCUT2D eigenvalue weighted by atomic mass is 9.82. The minimum Gasteiger partial charge on any atom is -0.456 e. The molecule has 12 rings (SSSR count). The van der Waals surface area contributed by atoms with Crippen LogP contribution in [0.2, 0.25) is 0 Å². The van der Waals surface area contributed by atoms with Crippen LogP contribution in [0.25, 0.3) is 106 Å². The molecule has 1 aliphatic rings. The van der Waals surface area contributed by atoms with E-state index in [0.29, 0.717) is 17.5 Å². The van der Waals surface area contributed by atoms with Crippen LogP contribution in [-0.2, 0) is 5.41 Å². The van der Waals surface area contributed by atoms with Crippen molar-refractivity contribution in [3.05, 3.63) is 193 Å². The number of rotatable bonds is 5. The van der Waals surface area contributed by atoms with E-state index in [4.69, 9.17) is 19.4 Å². The van der Waals surface area contributed by atoms with Crippen LogP contribution in [0, 0.1) is 0 Å². The number of furan rings is 1. The third-order valence-electron chi connectivity index (χ3n) is 12.3. The van der Waals surface area contributed by atoms with Gasteiger partial charge in [-0.1, -0.05) is 153 Å². The van der Waals surface area contributed by atoms with E-state index >= 15 is 0 Å². The summed E-state index contributed by atoms with van der Waals surface area (Å²) in [6.07, 6.45) is 0. The molecule has 11 aromatic rings. The summed E-state index contributed by atoms with van der Waals surface area (Å²) >= 11 is 0. The average molecular weight is 757 g/mol. The zero-order valence-corrected chi connectivity index (χ0v) is 32.5. The van der Waals surface area contributed by atoms with Gasteiger partial charge in [0.1, 0.15) is 11.2 Å². The van der Waals surface area contributed by atoms with E-state index in [1.807, 2.05) is 30.3 Å². The zero-order valence-electron chi connectivity index (χ0n) is 32.5. The topological polar surface area (TPSA) is 56.7 Å². The number of aromatic nitrogens is 4. The second kappa shape index (κ2) is 12.7. The largest absolute Gasteiger partial charge is 0.456 e. The first-order valence-electron chi connectivity index (χ1n) is 20.1. The summed E-state index contributed by atoms with van der Waals surface area (Å²) in [5.74, 6) is 1.87. The van der Waals surface area contributed by atoms with Crippen molar-refractivity contribution in [3.63, 3.8) is 0 Å². The molecule has 0 bridgehead atoms. The van der Waals surface area contributed by atoms with Crippen LogP contribution in [-0.4, -0.2) is 19.5 Å². The van der Waals surface area contributed by atoms with Crippen LogP contribution in [0.1, 0.15) is 25.0 Å². The molecule has 0 fully saturated rings. The minimum atomic E-state index is -0.157. The maximum Gasteiger partial charge on any atom is 0.164 e. The van der Waals surface area contributed by atoms with Gasteiger partial charge >= 0.3 is 0 Å². The summed E-state index contributed by atoms with van der Waals surface area (Å²) in [7, 11) is 0. The number of hydrogen-bond acceptors (Lipinski definition) is 4. The first kappa shape index (κ1) is 33.5. The lowest BCUT2D eigenvalue weighted by molar-refractivity contribution is 0.661. The van der Waals surface area contributed by atoms with E-state index in [1.165, 1.54) is 38.6 Å². The van der Waals surface area contributed by atoms with Gasteiger partial charge in [-0.3, -0.25) is 0 Å².